The standard InChI is InChI=1S/C40H36N6O3/c1-26-16-18-45(36(39(41)48)22-30-10-4-8-28-7-2-3-13-34(28)30)40(49)38(32-11-5-9-29(21-32)33-23-42-25-43-24-33)46(26)37(47)20-27-14-15-35-31(19-27)12-6-17-44-35/h2-15,17,19,21,23-26,36,38H,16,18,20,22H2,1H3,(H2,41,48)/t26?,36?,38-/m1/s1. The van der Waals surface area contributed by atoms with E-state index in [4.69, 9.17) is 5.73 Å². The molecule has 9 nitrogen and oxygen atoms in total. The molecule has 1 saturated heterocycles. The molecule has 7 rings (SSSR count). The van der Waals surface area contributed by atoms with E-state index < -0.39 is 18.0 Å². The molecule has 6 aromatic rings. The van der Waals surface area contributed by atoms with Crippen LogP contribution in [0.4, 0.5) is 0 Å². The van der Waals surface area contributed by atoms with Gasteiger partial charge in [-0.05, 0) is 70.6 Å². The van der Waals surface area contributed by atoms with E-state index in [0.717, 1.165) is 43.9 Å². The largest absolute Gasteiger partial charge is 0.368 e. The highest BCUT2D eigenvalue weighted by Gasteiger charge is 2.43. The minimum Gasteiger partial charge on any atom is -0.368 e. The van der Waals surface area contributed by atoms with E-state index in [2.05, 4.69) is 15.0 Å². The number of pyridine rings is 1. The van der Waals surface area contributed by atoms with E-state index >= 15 is 0 Å². The molecular formula is C40H36N6O3. The molecule has 3 heterocycles. The Hall–Kier alpha value is -5.96. The second-order valence-corrected chi connectivity index (χ2v) is 12.6. The van der Waals surface area contributed by atoms with Crippen LogP contribution in [0.15, 0.2) is 122 Å². The summed E-state index contributed by atoms with van der Waals surface area (Å²) in [4.78, 5) is 58.7. The summed E-state index contributed by atoms with van der Waals surface area (Å²) in [5.74, 6) is -1.12. The number of primary amides is 1. The first-order valence-electron chi connectivity index (χ1n) is 16.4. The summed E-state index contributed by atoms with van der Waals surface area (Å²) < 4.78 is 0. The number of benzene rings is 4. The van der Waals surface area contributed by atoms with Crippen molar-refractivity contribution in [3.05, 3.63) is 139 Å². The zero-order chi connectivity index (χ0) is 33.9. The van der Waals surface area contributed by atoms with Gasteiger partial charge in [-0.1, -0.05) is 72.8 Å². The molecule has 2 N–H and O–H groups in total. The first kappa shape index (κ1) is 31.6. The molecule has 4 aromatic carbocycles. The molecule has 1 aliphatic rings. The van der Waals surface area contributed by atoms with Crippen molar-refractivity contribution in [3.63, 3.8) is 0 Å². The van der Waals surface area contributed by atoms with Crippen molar-refractivity contribution in [1.29, 1.82) is 0 Å². The monoisotopic (exact) mass is 648 g/mol. The van der Waals surface area contributed by atoms with Crippen LogP contribution in [0.3, 0.4) is 0 Å². The van der Waals surface area contributed by atoms with Crippen molar-refractivity contribution >= 4 is 39.4 Å². The van der Waals surface area contributed by atoms with Gasteiger partial charge in [-0.3, -0.25) is 19.4 Å². The Balaban J connectivity index is 1.29. The summed E-state index contributed by atoms with van der Waals surface area (Å²) in [5, 5.41) is 2.98. The maximum atomic E-state index is 15.0. The minimum atomic E-state index is -0.994. The maximum Gasteiger partial charge on any atom is 0.250 e. The van der Waals surface area contributed by atoms with Crippen molar-refractivity contribution in [2.24, 2.45) is 5.73 Å². The van der Waals surface area contributed by atoms with E-state index in [1.54, 1.807) is 28.4 Å². The van der Waals surface area contributed by atoms with E-state index in [1.165, 1.54) is 6.33 Å². The third-order valence-electron chi connectivity index (χ3n) is 9.46. The summed E-state index contributed by atoms with van der Waals surface area (Å²) >= 11 is 0. The lowest BCUT2D eigenvalue weighted by Gasteiger charge is -2.36. The van der Waals surface area contributed by atoms with Gasteiger partial charge in [0.25, 0.3) is 5.91 Å². The average molecular weight is 649 g/mol. The number of hydrogen-bond acceptors (Lipinski definition) is 6. The van der Waals surface area contributed by atoms with Crippen LogP contribution in [0, 0.1) is 0 Å². The van der Waals surface area contributed by atoms with Gasteiger partial charge >= 0.3 is 0 Å². The molecule has 3 amide bonds. The number of nitrogens with two attached hydrogens (primary N) is 1. The van der Waals surface area contributed by atoms with Crippen LogP contribution in [0.5, 0.6) is 0 Å². The molecule has 49 heavy (non-hydrogen) atoms. The van der Waals surface area contributed by atoms with Crippen molar-refractivity contribution in [2.45, 2.75) is 44.3 Å². The highest BCUT2D eigenvalue weighted by Crippen LogP contribution is 2.34. The highest BCUT2D eigenvalue weighted by molar-refractivity contribution is 5.95. The van der Waals surface area contributed by atoms with Gasteiger partial charge in [-0.25, -0.2) is 9.97 Å². The number of aromatic nitrogens is 3. The lowest BCUT2D eigenvalue weighted by molar-refractivity contribution is -0.148. The van der Waals surface area contributed by atoms with Crippen LogP contribution in [0.1, 0.15) is 36.1 Å². The number of hydrogen-bond donors (Lipinski definition) is 1. The topological polar surface area (TPSA) is 122 Å². The van der Waals surface area contributed by atoms with Gasteiger partial charge in [-0.2, -0.15) is 0 Å². The molecule has 9 heteroatoms. The quantitative estimate of drug-likeness (QED) is 0.227. The molecule has 0 saturated carbocycles. The van der Waals surface area contributed by atoms with Gasteiger partial charge < -0.3 is 15.5 Å². The predicted molar refractivity (Wildman–Crippen MR) is 189 cm³/mol. The molecule has 244 valence electrons. The van der Waals surface area contributed by atoms with Crippen molar-refractivity contribution < 1.29 is 14.4 Å². The molecule has 3 atom stereocenters. The summed E-state index contributed by atoms with van der Waals surface area (Å²) in [7, 11) is 0. The highest BCUT2D eigenvalue weighted by atomic mass is 16.2. The molecule has 0 spiro atoms. The van der Waals surface area contributed by atoms with E-state index in [-0.39, 0.29) is 37.2 Å². The van der Waals surface area contributed by atoms with Crippen LogP contribution in [0.25, 0.3) is 32.8 Å². The summed E-state index contributed by atoms with van der Waals surface area (Å²) in [6.45, 7) is 2.23. The van der Waals surface area contributed by atoms with E-state index in [1.807, 2.05) is 104 Å². The Kier molecular flexibility index (Phi) is 8.81. The van der Waals surface area contributed by atoms with Gasteiger partial charge in [-0.15, -0.1) is 0 Å². The zero-order valence-corrected chi connectivity index (χ0v) is 27.1. The van der Waals surface area contributed by atoms with Gasteiger partial charge in [0.2, 0.25) is 11.8 Å². The summed E-state index contributed by atoms with van der Waals surface area (Å²) in [5.41, 5.74) is 10.9. The Morgan fingerprint density at radius 3 is 2.49 bits per heavy atom. The van der Waals surface area contributed by atoms with Crippen LogP contribution in [-0.4, -0.2) is 61.1 Å². The molecule has 1 aliphatic heterocycles. The Labute approximate surface area is 284 Å². The smallest absolute Gasteiger partial charge is 0.250 e. The molecular weight excluding hydrogens is 612 g/mol. The average Bonchev–Trinajstić information content (AvgIpc) is 3.26. The fourth-order valence-electron chi connectivity index (χ4n) is 6.99. The van der Waals surface area contributed by atoms with Gasteiger partial charge in [0.15, 0.2) is 0 Å². The third kappa shape index (κ3) is 6.47. The van der Waals surface area contributed by atoms with Crippen LogP contribution >= 0.6 is 0 Å². The van der Waals surface area contributed by atoms with Crippen LogP contribution in [-0.2, 0) is 27.2 Å². The van der Waals surface area contributed by atoms with E-state index in [9.17, 15) is 14.4 Å². The first-order chi connectivity index (χ1) is 23.9. The fourth-order valence-corrected chi connectivity index (χ4v) is 6.99. The van der Waals surface area contributed by atoms with E-state index in [0.29, 0.717) is 12.0 Å². The lowest BCUT2D eigenvalue weighted by Crippen LogP contribution is -2.52. The molecule has 2 aromatic heterocycles. The second-order valence-electron chi connectivity index (χ2n) is 12.6. The first-order valence-corrected chi connectivity index (χ1v) is 16.4. The number of carbonyl (C=O) groups excluding carboxylic acids is 3. The molecule has 1 fully saturated rings. The Bertz CT molecular complexity index is 2170. The molecule has 0 bridgehead atoms. The molecule has 0 aliphatic carbocycles. The van der Waals surface area contributed by atoms with Gasteiger partial charge in [0.05, 0.1) is 11.9 Å². The van der Waals surface area contributed by atoms with Gasteiger partial charge in [0.1, 0.15) is 18.4 Å². The maximum absolute atomic E-state index is 15.0. The number of amides is 3. The number of rotatable bonds is 8. The zero-order valence-electron chi connectivity index (χ0n) is 27.1. The Morgan fingerprint density at radius 2 is 1.65 bits per heavy atom. The van der Waals surface area contributed by atoms with Crippen LogP contribution in [0.2, 0.25) is 0 Å². The van der Waals surface area contributed by atoms with Crippen molar-refractivity contribution in [1.82, 2.24) is 24.8 Å². The molecule has 0 radical (unpaired) electrons. The number of fused-ring (bicyclic) bond motifs is 2. The number of nitrogens with zero attached hydrogens (tertiary/aromatic N) is 5. The normalized spacial score (nSPS) is 17.2. The minimum absolute atomic E-state index is 0.0976. The summed E-state index contributed by atoms with van der Waals surface area (Å²) in [6.07, 6.45) is 7.45. The van der Waals surface area contributed by atoms with Gasteiger partial charge in [0, 0.05) is 48.5 Å². The van der Waals surface area contributed by atoms with Crippen molar-refractivity contribution in [2.75, 3.05) is 6.54 Å². The third-order valence-corrected chi connectivity index (χ3v) is 9.46. The van der Waals surface area contributed by atoms with Crippen LogP contribution < -0.4 is 5.73 Å². The number of carbonyl (C=O) groups is 3. The summed E-state index contributed by atoms with van der Waals surface area (Å²) in [6, 6.07) is 28.9. The Morgan fingerprint density at radius 1 is 0.878 bits per heavy atom. The van der Waals surface area contributed by atoms with Crippen molar-refractivity contribution in [3.8, 4) is 11.1 Å². The predicted octanol–water partition coefficient (Wildman–Crippen LogP) is 5.67. The SMILES string of the molecule is CC1CCN(C(Cc2cccc3ccccc23)C(N)=O)C(=O)[C@@H](c2cccc(-c3cncnc3)c2)N1C(=O)Cc1ccc2ncccc2c1. The lowest BCUT2D eigenvalue weighted by atomic mass is 9.95. The second kappa shape index (κ2) is 13.6. The molecule has 2 unspecified atom stereocenters. The fraction of sp³-hybridized carbons (Fsp3) is 0.200.